The summed E-state index contributed by atoms with van der Waals surface area (Å²) < 4.78 is 30.8. The molecule has 0 unspecified atom stereocenters. The molecule has 7 nitrogen and oxygen atoms in total. The number of aryl methyl sites for hydroxylation is 2. The highest BCUT2D eigenvalue weighted by atomic mass is 32.2. The average Bonchev–Trinajstić information content (AvgIpc) is 2.82. The quantitative estimate of drug-likeness (QED) is 0.537. The number of amides is 1. The van der Waals surface area contributed by atoms with E-state index >= 15 is 0 Å². The third kappa shape index (κ3) is 5.40. The van der Waals surface area contributed by atoms with Gasteiger partial charge in [0.2, 0.25) is 0 Å². The summed E-state index contributed by atoms with van der Waals surface area (Å²) in [5.74, 6) is -0.124. The maximum absolute atomic E-state index is 12.9. The molecule has 0 bridgehead atoms. The molecule has 1 N–H and O–H groups in total. The molecule has 0 radical (unpaired) electrons. The van der Waals surface area contributed by atoms with Crippen LogP contribution >= 0.6 is 0 Å². The van der Waals surface area contributed by atoms with Gasteiger partial charge in [-0.25, -0.2) is 0 Å². The van der Waals surface area contributed by atoms with Crippen LogP contribution in [-0.2, 0) is 10.1 Å². The normalized spacial score (nSPS) is 14.6. The zero-order valence-electron chi connectivity index (χ0n) is 19.6. The van der Waals surface area contributed by atoms with Crippen LogP contribution in [0, 0.1) is 13.8 Å². The maximum atomic E-state index is 12.9. The molecular formula is C26H29N3O4S. The van der Waals surface area contributed by atoms with Gasteiger partial charge in [0.1, 0.15) is 10.6 Å². The van der Waals surface area contributed by atoms with Crippen LogP contribution in [0.25, 0.3) is 0 Å². The van der Waals surface area contributed by atoms with Crippen molar-refractivity contribution in [3.05, 3.63) is 83.4 Å². The number of para-hydroxylation sites is 2. The average molecular weight is 480 g/mol. The van der Waals surface area contributed by atoms with Gasteiger partial charge in [0.15, 0.2) is 0 Å². The number of anilines is 2. The van der Waals surface area contributed by atoms with Gasteiger partial charge >= 0.3 is 10.1 Å². The van der Waals surface area contributed by atoms with Gasteiger partial charge in [-0.05, 0) is 74.5 Å². The first-order valence-electron chi connectivity index (χ1n) is 11.2. The van der Waals surface area contributed by atoms with E-state index in [0.717, 1.165) is 43.1 Å². The Hall–Kier alpha value is -3.36. The van der Waals surface area contributed by atoms with Crippen LogP contribution < -0.4 is 14.4 Å². The Kier molecular flexibility index (Phi) is 6.90. The van der Waals surface area contributed by atoms with Gasteiger partial charge in [-0.3, -0.25) is 4.79 Å². The Morgan fingerprint density at radius 1 is 0.912 bits per heavy atom. The minimum Gasteiger partial charge on any atom is -0.379 e. The Morgan fingerprint density at radius 2 is 1.59 bits per heavy atom. The van der Waals surface area contributed by atoms with Crippen LogP contribution in [0.4, 0.5) is 11.4 Å². The Morgan fingerprint density at radius 3 is 2.29 bits per heavy atom. The molecule has 4 rings (SSSR count). The van der Waals surface area contributed by atoms with Gasteiger partial charge in [-0.2, -0.15) is 8.42 Å². The fraction of sp³-hybridized carbons (Fsp3) is 0.269. The smallest absolute Gasteiger partial charge is 0.339 e. The minimum atomic E-state index is -3.98. The summed E-state index contributed by atoms with van der Waals surface area (Å²) in [4.78, 5) is 17.6. The largest absolute Gasteiger partial charge is 0.379 e. The summed E-state index contributed by atoms with van der Waals surface area (Å²) in [6, 6.07) is 19.0. The highest BCUT2D eigenvalue weighted by Gasteiger charge is 2.21. The first kappa shape index (κ1) is 23.8. The molecule has 1 fully saturated rings. The van der Waals surface area contributed by atoms with Crippen molar-refractivity contribution < 1.29 is 17.4 Å². The number of carbonyl (C=O) groups is 1. The number of likely N-dealkylation sites (N-methyl/N-ethyl adjacent to an activating group) is 1. The maximum Gasteiger partial charge on any atom is 0.339 e. The number of rotatable bonds is 6. The number of piperazine rings is 1. The van der Waals surface area contributed by atoms with Crippen molar-refractivity contribution >= 4 is 27.4 Å². The van der Waals surface area contributed by atoms with E-state index in [-0.39, 0.29) is 16.6 Å². The molecule has 1 saturated heterocycles. The van der Waals surface area contributed by atoms with Crippen LogP contribution in [0.5, 0.6) is 5.75 Å². The van der Waals surface area contributed by atoms with Crippen molar-refractivity contribution in [2.24, 2.45) is 0 Å². The molecule has 0 saturated carbocycles. The van der Waals surface area contributed by atoms with E-state index in [1.54, 1.807) is 31.2 Å². The van der Waals surface area contributed by atoms with Crippen LogP contribution in [0.1, 0.15) is 21.5 Å². The number of nitrogens with zero attached hydrogens (tertiary/aromatic N) is 2. The molecule has 1 aliphatic heterocycles. The number of nitrogens with one attached hydrogen (secondary N) is 1. The molecule has 1 aliphatic rings. The molecule has 1 amide bonds. The molecule has 0 spiro atoms. The number of benzene rings is 3. The van der Waals surface area contributed by atoms with Crippen LogP contribution in [0.2, 0.25) is 0 Å². The summed E-state index contributed by atoms with van der Waals surface area (Å²) in [7, 11) is -1.88. The molecule has 0 atom stereocenters. The minimum absolute atomic E-state index is 0.134. The molecular weight excluding hydrogens is 450 g/mol. The van der Waals surface area contributed by atoms with E-state index in [0.29, 0.717) is 11.1 Å². The molecule has 0 aliphatic carbocycles. The molecule has 8 heteroatoms. The number of hydrogen-bond acceptors (Lipinski definition) is 6. The Bertz CT molecular complexity index is 1280. The molecule has 3 aromatic carbocycles. The van der Waals surface area contributed by atoms with E-state index in [2.05, 4.69) is 22.2 Å². The fourth-order valence-electron chi connectivity index (χ4n) is 3.91. The molecule has 34 heavy (non-hydrogen) atoms. The molecule has 0 aromatic heterocycles. The highest BCUT2D eigenvalue weighted by Crippen LogP contribution is 2.28. The van der Waals surface area contributed by atoms with Crippen molar-refractivity contribution in [3.8, 4) is 5.75 Å². The SMILES string of the molecule is Cc1ccc(C)c(S(=O)(=O)Oc2ccc(C(=O)Nc3ccccc3N3CCN(C)CC3)cc2)c1. The Balaban J connectivity index is 1.47. The lowest BCUT2D eigenvalue weighted by Crippen LogP contribution is -2.44. The lowest BCUT2D eigenvalue weighted by atomic mass is 10.1. The van der Waals surface area contributed by atoms with Crippen molar-refractivity contribution in [3.63, 3.8) is 0 Å². The van der Waals surface area contributed by atoms with Gasteiger partial charge in [0.25, 0.3) is 5.91 Å². The van der Waals surface area contributed by atoms with Gasteiger partial charge in [0.05, 0.1) is 11.4 Å². The summed E-state index contributed by atoms with van der Waals surface area (Å²) in [6.45, 7) is 7.27. The molecule has 178 valence electrons. The van der Waals surface area contributed by atoms with Gasteiger partial charge in [0, 0.05) is 31.7 Å². The standard InChI is InChI=1S/C26H29N3O4S/c1-19-8-9-20(2)25(18-19)34(31,32)33-22-12-10-21(11-13-22)26(30)27-23-6-4-5-7-24(23)29-16-14-28(3)15-17-29/h4-13,18H,14-17H2,1-3H3,(H,27,30). The number of carbonyl (C=O) groups excluding carboxylic acids is 1. The first-order valence-corrected chi connectivity index (χ1v) is 12.6. The second kappa shape index (κ2) is 9.87. The highest BCUT2D eigenvalue weighted by molar-refractivity contribution is 7.87. The summed E-state index contributed by atoms with van der Waals surface area (Å²) >= 11 is 0. The second-order valence-corrected chi connectivity index (χ2v) is 10.1. The van der Waals surface area contributed by atoms with Gasteiger partial charge < -0.3 is 19.3 Å². The lowest BCUT2D eigenvalue weighted by Gasteiger charge is -2.35. The van der Waals surface area contributed by atoms with Crippen molar-refractivity contribution in [1.82, 2.24) is 4.90 Å². The topological polar surface area (TPSA) is 78.9 Å². The molecule has 3 aromatic rings. The second-order valence-electron chi connectivity index (χ2n) is 8.59. The first-order chi connectivity index (χ1) is 16.2. The summed E-state index contributed by atoms with van der Waals surface area (Å²) in [6.07, 6.45) is 0. The predicted molar refractivity (Wildman–Crippen MR) is 134 cm³/mol. The third-order valence-electron chi connectivity index (χ3n) is 5.93. The third-order valence-corrected chi connectivity index (χ3v) is 7.32. The van der Waals surface area contributed by atoms with E-state index in [4.69, 9.17) is 4.18 Å². The van der Waals surface area contributed by atoms with Crippen molar-refractivity contribution in [1.29, 1.82) is 0 Å². The van der Waals surface area contributed by atoms with Crippen LogP contribution in [-0.4, -0.2) is 52.5 Å². The van der Waals surface area contributed by atoms with Gasteiger partial charge in [-0.15, -0.1) is 0 Å². The van der Waals surface area contributed by atoms with E-state index in [1.807, 2.05) is 37.3 Å². The number of hydrogen-bond donors (Lipinski definition) is 1. The van der Waals surface area contributed by atoms with E-state index in [9.17, 15) is 13.2 Å². The van der Waals surface area contributed by atoms with Crippen molar-refractivity contribution in [2.75, 3.05) is 43.4 Å². The summed E-state index contributed by atoms with van der Waals surface area (Å²) in [5, 5.41) is 2.99. The lowest BCUT2D eigenvalue weighted by molar-refractivity contribution is 0.102. The van der Waals surface area contributed by atoms with Crippen molar-refractivity contribution in [2.45, 2.75) is 18.7 Å². The fourth-order valence-corrected chi connectivity index (χ4v) is 5.15. The van der Waals surface area contributed by atoms with E-state index in [1.165, 1.54) is 12.1 Å². The zero-order chi connectivity index (χ0) is 24.3. The monoisotopic (exact) mass is 479 g/mol. The summed E-state index contributed by atoms with van der Waals surface area (Å²) in [5.41, 5.74) is 3.58. The zero-order valence-corrected chi connectivity index (χ0v) is 20.4. The van der Waals surface area contributed by atoms with Crippen LogP contribution in [0.15, 0.2) is 71.6 Å². The molecule has 1 heterocycles. The van der Waals surface area contributed by atoms with Gasteiger partial charge in [-0.1, -0.05) is 24.3 Å². The predicted octanol–water partition coefficient (Wildman–Crippen LogP) is 4.08. The van der Waals surface area contributed by atoms with E-state index < -0.39 is 10.1 Å². The Labute approximate surface area is 201 Å². The van der Waals surface area contributed by atoms with Crippen LogP contribution in [0.3, 0.4) is 0 Å².